The second kappa shape index (κ2) is 10.4. The summed E-state index contributed by atoms with van der Waals surface area (Å²) in [6.45, 7) is 0.375. The Labute approximate surface area is 210 Å². The van der Waals surface area contributed by atoms with Crippen LogP contribution in [-0.2, 0) is 11.3 Å². The first-order valence-electron chi connectivity index (χ1n) is 11.2. The number of methoxy groups -OCH3 is 1. The van der Waals surface area contributed by atoms with Gasteiger partial charge in [-0.2, -0.15) is 10.1 Å². The quantitative estimate of drug-likeness (QED) is 0.345. The van der Waals surface area contributed by atoms with Gasteiger partial charge in [0.25, 0.3) is 5.91 Å². The molecule has 2 aromatic heterocycles. The minimum absolute atomic E-state index is 0.0781. The molecule has 0 atom stereocenters. The fraction of sp³-hybridized carbons (Fsp3) is 0.111. The summed E-state index contributed by atoms with van der Waals surface area (Å²) < 4.78 is 12.5. The van der Waals surface area contributed by atoms with Gasteiger partial charge in [0.15, 0.2) is 12.3 Å². The zero-order valence-electron chi connectivity index (χ0n) is 19.4. The van der Waals surface area contributed by atoms with E-state index in [0.29, 0.717) is 28.6 Å². The van der Waals surface area contributed by atoms with Gasteiger partial charge in [-0.05, 0) is 54.1 Å². The standard InChI is InChI=1S/C27H22N4O4S/c1-34-21-11-9-20(10-12-21)25-26(33)29-27-31(30-25)23(17-36-27)19-7-13-22(14-8-19)35-16-24(32)28-15-18-5-3-2-4-6-18/h2-14,17H,15-16H2,1H3,(H,28,32). The molecule has 9 heteroatoms. The molecule has 0 unspecified atom stereocenters. The van der Waals surface area contributed by atoms with E-state index >= 15 is 0 Å². The number of hydrogen-bond acceptors (Lipinski definition) is 7. The lowest BCUT2D eigenvalue weighted by molar-refractivity contribution is -0.123. The van der Waals surface area contributed by atoms with Crippen molar-refractivity contribution < 1.29 is 14.3 Å². The third kappa shape index (κ3) is 5.11. The van der Waals surface area contributed by atoms with E-state index in [4.69, 9.17) is 9.47 Å². The third-order valence-electron chi connectivity index (χ3n) is 5.50. The van der Waals surface area contributed by atoms with Crippen LogP contribution >= 0.6 is 11.3 Å². The maximum Gasteiger partial charge on any atom is 0.300 e. The zero-order chi connectivity index (χ0) is 24.9. The molecule has 0 aliphatic carbocycles. The van der Waals surface area contributed by atoms with E-state index in [-0.39, 0.29) is 23.8 Å². The van der Waals surface area contributed by atoms with Gasteiger partial charge in [-0.3, -0.25) is 9.59 Å². The van der Waals surface area contributed by atoms with E-state index < -0.39 is 0 Å². The van der Waals surface area contributed by atoms with E-state index in [2.05, 4.69) is 15.4 Å². The summed E-state index contributed by atoms with van der Waals surface area (Å²) in [4.78, 5) is 29.4. The molecular weight excluding hydrogens is 476 g/mol. The van der Waals surface area contributed by atoms with E-state index in [1.807, 2.05) is 47.8 Å². The van der Waals surface area contributed by atoms with Gasteiger partial charge in [0.1, 0.15) is 11.5 Å². The van der Waals surface area contributed by atoms with Gasteiger partial charge in [-0.1, -0.05) is 30.3 Å². The molecule has 8 nitrogen and oxygen atoms in total. The predicted molar refractivity (Wildman–Crippen MR) is 138 cm³/mol. The fourth-order valence-electron chi connectivity index (χ4n) is 3.60. The summed E-state index contributed by atoms with van der Waals surface area (Å²) in [5.74, 6) is 1.07. The van der Waals surface area contributed by atoms with Crippen LogP contribution in [0.5, 0.6) is 11.5 Å². The van der Waals surface area contributed by atoms with Crippen molar-refractivity contribution in [3.8, 4) is 34.0 Å². The Bertz CT molecular complexity index is 1550. The summed E-state index contributed by atoms with van der Waals surface area (Å²) in [6.07, 6.45) is 0. The summed E-state index contributed by atoms with van der Waals surface area (Å²) in [5.41, 5.74) is 3.23. The van der Waals surface area contributed by atoms with Gasteiger partial charge in [0.2, 0.25) is 4.96 Å². The normalized spacial score (nSPS) is 10.8. The van der Waals surface area contributed by atoms with Crippen molar-refractivity contribution in [3.63, 3.8) is 0 Å². The lowest BCUT2D eigenvalue weighted by Crippen LogP contribution is -2.28. The van der Waals surface area contributed by atoms with Crippen LogP contribution < -0.4 is 20.3 Å². The first kappa shape index (κ1) is 23.3. The minimum Gasteiger partial charge on any atom is -0.497 e. The van der Waals surface area contributed by atoms with Crippen molar-refractivity contribution in [3.05, 3.63) is 100 Å². The molecule has 0 saturated heterocycles. The fourth-order valence-corrected chi connectivity index (χ4v) is 4.43. The molecule has 5 aromatic rings. The average Bonchev–Trinajstić information content (AvgIpc) is 3.33. The highest BCUT2D eigenvalue weighted by molar-refractivity contribution is 7.15. The van der Waals surface area contributed by atoms with Crippen molar-refractivity contribution in [2.24, 2.45) is 0 Å². The van der Waals surface area contributed by atoms with Crippen LogP contribution in [0.2, 0.25) is 0 Å². The molecule has 3 aromatic carbocycles. The van der Waals surface area contributed by atoms with Crippen LogP contribution in [0.25, 0.3) is 27.5 Å². The van der Waals surface area contributed by atoms with Gasteiger partial charge in [0.05, 0.1) is 12.8 Å². The van der Waals surface area contributed by atoms with Crippen LogP contribution in [0.3, 0.4) is 0 Å². The molecule has 0 aliphatic rings. The molecule has 0 spiro atoms. The lowest BCUT2D eigenvalue weighted by atomic mass is 10.1. The predicted octanol–water partition coefficient (Wildman–Crippen LogP) is 4.19. The second-order valence-electron chi connectivity index (χ2n) is 7.88. The highest BCUT2D eigenvalue weighted by Gasteiger charge is 2.14. The SMILES string of the molecule is COc1ccc(-c2nn3c(-c4ccc(OCC(=O)NCc5ccccc5)cc4)csc3nc2=O)cc1. The van der Waals surface area contributed by atoms with Crippen LogP contribution in [0, 0.1) is 0 Å². The Morgan fingerprint density at radius 2 is 1.64 bits per heavy atom. The molecule has 0 bridgehead atoms. The largest absolute Gasteiger partial charge is 0.497 e. The number of benzene rings is 3. The van der Waals surface area contributed by atoms with E-state index in [1.165, 1.54) is 11.3 Å². The van der Waals surface area contributed by atoms with Crippen LogP contribution in [0.1, 0.15) is 5.56 Å². The molecule has 0 aliphatic heterocycles. The van der Waals surface area contributed by atoms with Crippen LogP contribution in [0.4, 0.5) is 0 Å². The van der Waals surface area contributed by atoms with E-state index in [0.717, 1.165) is 16.8 Å². The van der Waals surface area contributed by atoms with Crippen molar-refractivity contribution in [2.45, 2.75) is 6.54 Å². The number of thiazole rings is 1. The maximum absolute atomic E-state index is 12.6. The number of amides is 1. The number of aromatic nitrogens is 3. The number of carbonyl (C=O) groups excluding carboxylic acids is 1. The molecule has 5 rings (SSSR count). The summed E-state index contributed by atoms with van der Waals surface area (Å²) in [7, 11) is 1.59. The Hall–Kier alpha value is -4.50. The minimum atomic E-state index is -0.386. The second-order valence-corrected chi connectivity index (χ2v) is 8.72. The van der Waals surface area contributed by atoms with Crippen molar-refractivity contribution >= 4 is 22.2 Å². The third-order valence-corrected chi connectivity index (χ3v) is 6.32. The van der Waals surface area contributed by atoms with Crippen molar-refractivity contribution in [2.75, 3.05) is 13.7 Å². The van der Waals surface area contributed by atoms with Gasteiger partial charge < -0.3 is 14.8 Å². The molecular formula is C27H22N4O4S. The highest BCUT2D eigenvalue weighted by Crippen LogP contribution is 2.27. The number of nitrogens with zero attached hydrogens (tertiary/aromatic N) is 3. The molecule has 0 fully saturated rings. The summed E-state index contributed by atoms with van der Waals surface area (Å²) >= 11 is 1.34. The van der Waals surface area contributed by atoms with Crippen LogP contribution in [-0.4, -0.2) is 34.2 Å². The molecule has 0 saturated carbocycles. The lowest BCUT2D eigenvalue weighted by Gasteiger charge is -2.09. The van der Waals surface area contributed by atoms with Gasteiger partial charge in [-0.25, -0.2) is 4.52 Å². The van der Waals surface area contributed by atoms with Crippen LogP contribution in [0.15, 0.2) is 89.0 Å². The molecule has 1 N–H and O–H groups in total. The Morgan fingerprint density at radius 1 is 0.944 bits per heavy atom. The first-order chi connectivity index (χ1) is 17.6. The molecule has 2 heterocycles. The molecule has 0 radical (unpaired) electrons. The zero-order valence-corrected chi connectivity index (χ0v) is 20.2. The van der Waals surface area contributed by atoms with E-state index in [9.17, 15) is 9.59 Å². The summed E-state index contributed by atoms with van der Waals surface area (Å²) in [5, 5.41) is 9.33. The van der Waals surface area contributed by atoms with Crippen molar-refractivity contribution in [1.29, 1.82) is 0 Å². The van der Waals surface area contributed by atoms with Crippen molar-refractivity contribution in [1.82, 2.24) is 19.9 Å². The first-order valence-corrected chi connectivity index (χ1v) is 12.1. The average molecular weight is 499 g/mol. The Morgan fingerprint density at radius 3 is 2.36 bits per heavy atom. The number of carbonyl (C=O) groups is 1. The molecule has 36 heavy (non-hydrogen) atoms. The Balaban J connectivity index is 1.29. The monoisotopic (exact) mass is 498 g/mol. The number of rotatable bonds is 8. The molecule has 180 valence electrons. The number of fused-ring (bicyclic) bond motifs is 1. The maximum atomic E-state index is 12.6. The smallest absolute Gasteiger partial charge is 0.300 e. The highest BCUT2D eigenvalue weighted by atomic mass is 32.1. The Kier molecular flexibility index (Phi) is 6.72. The number of hydrogen-bond donors (Lipinski definition) is 1. The number of ether oxygens (including phenoxy) is 2. The van der Waals surface area contributed by atoms with E-state index in [1.54, 1.807) is 48.0 Å². The summed E-state index contributed by atoms with van der Waals surface area (Å²) in [6, 6.07) is 24.2. The topological polar surface area (TPSA) is 94.8 Å². The van der Waals surface area contributed by atoms with Gasteiger partial charge >= 0.3 is 5.56 Å². The molecule has 1 amide bonds. The van der Waals surface area contributed by atoms with Gasteiger partial charge in [0, 0.05) is 23.1 Å². The van der Waals surface area contributed by atoms with Gasteiger partial charge in [-0.15, -0.1) is 11.3 Å². The number of nitrogens with one attached hydrogen (secondary N) is 1.